The molecule has 0 bridgehead atoms. The Labute approximate surface area is 119 Å². The molecule has 0 aromatic heterocycles. The molecule has 2 N–H and O–H groups in total. The van der Waals surface area contributed by atoms with Crippen molar-refractivity contribution in [2.24, 2.45) is 0 Å². The molecular formula is C15H17NO3S. The Morgan fingerprint density at radius 1 is 1.10 bits per heavy atom. The van der Waals surface area contributed by atoms with E-state index in [1.54, 1.807) is 30.3 Å². The Morgan fingerprint density at radius 2 is 1.75 bits per heavy atom. The van der Waals surface area contributed by atoms with E-state index < -0.39 is 9.84 Å². The summed E-state index contributed by atoms with van der Waals surface area (Å²) in [7, 11) is -3.20. The quantitative estimate of drug-likeness (QED) is 0.909. The predicted molar refractivity (Wildman–Crippen MR) is 79.7 cm³/mol. The van der Waals surface area contributed by atoms with Gasteiger partial charge in [0.05, 0.1) is 4.90 Å². The summed E-state index contributed by atoms with van der Waals surface area (Å²) in [5.41, 5.74) is 2.78. The lowest BCUT2D eigenvalue weighted by molar-refractivity contribution is 0.475. The summed E-state index contributed by atoms with van der Waals surface area (Å²) in [4.78, 5) is 0.302. The number of phenolic OH excluding ortho intramolecular Hbond substituents is 1. The lowest BCUT2D eigenvalue weighted by Crippen LogP contribution is -2.03. The minimum Gasteiger partial charge on any atom is -0.508 e. The van der Waals surface area contributed by atoms with Crippen LogP contribution in [0.25, 0.3) is 0 Å². The molecule has 0 saturated heterocycles. The van der Waals surface area contributed by atoms with Gasteiger partial charge >= 0.3 is 0 Å². The highest BCUT2D eigenvalue weighted by atomic mass is 32.2. The summed E-state index contributed by atoms with van der Waals surface area (Å²) in [6, 6.07) is 11.9. The van der Waals surface area contributed by atoms with Crippen molar-refractivity contribution in [1.29, 1.82) is 0 Å². The van der Waals surface area contributed by atoms with Crippen LogP contribution in [0.1, 0.15) is 11.1 Å². The van der Waals surface area contributed by atoms with Gasteiger partial charge in [-0.15, -0.1) is 0 Å². The summed E-state index contributed by atoms with van der Waals surface area (Å²) in [5.74, 6) is 0.226. The van der Waals surface area contributed by atoms with Crippen molar-refractivity contribution in [1.82, 2.24) is 0 Å². The van der Waals surface area contributed by atoms with Gasteiger partial charge in [-0.05, 0) is 42.3 Å². The second-order valence-electron chi connectivity index (χ2n) is 4.77. The van der Waals surface area contributed by atoms with E-state index in [1.165, 1.54) is 6.26 Å². The Kier molecular flexibility index (Phi) is 3.99. The minimum atomic E-state index is -3.20. The number of rotatable bonds is 4. The van der Waals surface area contributed by atoms with Crippen LogP contribution in [-0.2, 0) is 16.4 Å². The molecule has 0 amide bonds. The predicted octanol–water partition coefficient (Wildman–Crippen LogP) is 2.72. The van der Waals surface area contributed by atoms with E-state index in [9.17, 15) is 13.5 Å². The molecule has 0 radical (unpaired) electrons. The molecule has 2 aromatic carbocycles. The molecular weight excluding hydrogens is 274 g/mol. The maximum absolute atomic E-state index is 11.6. The van der Waals surface area contributed by atoms with E-state index in [2.05, 4.69) is 5.32 Å². The molecule has 20 heavy (non-hydrogen) atoms. The highest BCUT2D eigenvalue weighted by molar-refractivity contribution is 7.90. The molecule has 2 aromatic rings. The number of benzene rings is 2. The third-order valence-corrected chi connectivity index (χ3v) is 4.17. The largest absolute Gasteiger partial charge is 0.508 e. The first-order valence-corrected chi connectivity index (χ1v) is 8.08. The number of phenols is 1. The van der Waals surface area contributed by atoms with Crippen molar-refractivity contribution in [2.75, 3.05) is 11.6 Å². The smallest absolute Gasteiger partial charge is 0.175 e. The number of nitrogens with one attached hydrogen (secondary N) is 1. The van der Waals surface area contributed by atoms with Gasteiger partial charge in [0.15, 0.2) is 9.84 Å². The summed E-state index contributed by atoms with van der Waals surface area (Å²) in [6.07, 6.45) is 1.20. The molecule has 0 aliphatic heterocycles. The summed E-state index contributed by atoms with van der Waals surface area (Å²) in [5, 5.41) is 12.4. The van der Waals surface area contributed by atoms with Gasteiger partial charge in [0, 0.05) is 18.5 Å². The van der Waals surface area contributed by atoms with Gasteiger partial charge in [0.2, 0.25) is 0 Å². The number of hydrogen-bond donors (Lipinski definition) is 2. The second kappa shape index (κ2) is 5.54. The number of anilines is 1. The van der Waals surface area contributed by atoms with E-state index in [-0.39, 0.29) is 5.75 Å². The van der Waals surface area contributed by atoms with E-state index in [4.69, 9.17) is 0 Å². The molecule has 0 unspecified atom stereocenters. The average Bonchev–Trinajstić information content (AvgIpc) is 2.38. The Balaban J connectivity index is 2.19. The maximum atomic E-state index is 11.6. The first-order valence-electron chi connectivity index (χ1n) is 6.19. The second-order valence-corrected chi connectivity index (χ2v) is 6.78. The minimum absolute atomic E-state index is 0.226. The zero-order valence-corrected chi connectivity index (χ0v) is 12.2. The molecule has 5 heteroatoms. The fourth-order valence-corrected chi connectivity index (χ4v) is 2.48. The number of aromatic hydroxyl groups is 1. The molecule has 0 atom stereocenters. The third kappa shape index (κ3) is 3.51. The summed E-state index contributed by atoms with van der Waals surface area (Å²) < 4.78 is 23.1. The first-order chi connectivity index (χ1) is 9.36. The van der Waals surface area contributed by atoms with Crippen LogP contribution >= 0.6 is 0 Å². The third-order valence-electron chi connectivity index (χ3n) is 3.06. The zero-order chi connectivity index (χ0) is 14.8. The number of hydrogen-bond acceptors (Lipinski definition) is 4. The lowest BCUT2D eigenvalue weighted by Gasteiger charge is -2.11. The summed E-state index contributed by atoms with van der Waals surface area (Å²) >= 11 is 0. The lowest BCUT2D eigenvalue weighted by atomic mass is 10.1. The molecule has 0 spiro atoms. The van der Waals surface area contributed by atoms with Crippen molar-refractivity contribution in [2.45, 2.75) is 18.4 Å². The normalized spacial score (nSPS) is 11.3. The van der Waals surface area contributed by atoms with Gasteiger partial charge < -0.3 is 10.4 Å². The molecule has 2 rings (SSSR count). The van der Waals surface area contributed by atoms with Crippen LogP contribution in [0.4, 0.5) is 5.69 Å². The van der Waals surface area contributed by atoms with Gasteiger partial charge in [0.1, 0.15) is 5.75 Å². The molecule has 0 saturated carbocycles. The van der Waals surface area contributed by atoms with E-state index >= 15 is 0 Å². The fourth-order valence-electron chi connectivity index (χ4n) is 1.83. The molecule has 0 fully saturated rings. The van der Waals surface area contributed by atoms with E-state index in [0.29, 0.717) is 11.4 Å². The topological polar surface area (TPSA) is 66.4 Å². The Morgan fingerprint density at radius 3 is 2.35 bits per heavy atom. The Hall–Kier alpha value is -2.01. The summed E-state index contributed by atoms with van der Waals surface area (Å²) in [6.45, 7) is 2.49. The van der Waals surface area contributed by atoms with Crippen LogP contribution in [0.3, 0.4) is 0 Å². The SMILES string of the molecule is Cc1ccc(S(C)(=O)=O)cc1NCc1ccc(O)cc1. The Bertz CT molecular complexity index is 706. The van der Waals surface area contributed by atoms with Crippen molar-refractivity contribution >= 4 is 15.5 Å². The standard InChI is InChI=1S/C15H17NO3S/c1-11-3-8-14(20(2,18)19)9-15(11)16-10-12-4-6-13(17)7-5-12/h3-9,16-17H,10H2,1-2H3. The van der Waals surface area contributed by atoms with Crippen LogP contribution in [0.2, 0.25) is 0 Å². The van der Waals surface area contributed by atoms with Crippen molar-refractivity contribution in [3.05, 3.63) is 53.6 Å². The zero-order valence-electron chi connectivity index (χ0n) is 11.4. The van der Waals surface area contributed by atoms with Crippen molar-refractivity contribution in [3.63, 3.8) is 0 Å². The van der Waals surface area contributed by atoms with Crippen LogP contribution in [0.15, 0.2) is 47.4 Å². The highest BCUT2D eigenvalue weighted by Gasteiger charge is 2.09. The van der Waals surface area contributed by atoms with Gasteiger partial charge in [-0.1, -0.05) is 18.2 Å². The van der Waals surface area contributed by atoms with Gasteiger partial charge in [-0.25, -0.2) is 8.42 Å². The van der Waals surface area contributed by atoms with E-state index in [1.807, 2.05) is 19.1 Å². The fraction of sp³-hybridized carbons (Fsp3) is 0.200. The van der Waals surface area contributed by atoms with Gasteiger partial charge in [-0.3, -0.25) is 0 Å². The van der Waals surface area contributed by atoms with Crippen LogP contribution in [0, 0.1) is 6.92 Å². The molecule has 106 valence electrons. The highest BCUT2D eigenvalue weighted by Crippen LogP contribution is 2.21. The molecule has 4 nitrogen and oxygen atoms in total. The van der Waals surface area contributed by atoms with E-state index in [0.717, 1.165) is 16.8 Å². The number of sulfone groups is 1. The number of aryl methyl sites for hydroxylation is 1. The molecule has 0 aliphatic carbocycles. The van der Waals surface area contributed by atoms with Crippen LogP contribution in [-0.4, -0.2) is 19.8 Å². The monoisotopic (exact) mass is 291 g/mol. The average molecular weight is 291 g/mol. The van der Waals surface area contributed by atoms with Crippen LogP contribution < -0.4 is 5.32 Å². The van der Waals surface area contributed by atoms with Crippen molar-refractivity contribution in [3.8, 4) is 5.75 Å². The maximum Gasteiger partial charge on any atom is 0.175 e. The molecule has 0 aliphatic rings. The van der Waals surface area contributed by atoms with Gasteiger partial charge in [0.25, 0.3) is 0 Å². The van der Waals surface area contributed by atoms with Crippen LogP contribution in [0.5, 0.6) is 5.75 Å². The van der Waals surface area contributed by atoms with Crippen molar-refractivity contribution < 1.29 is 13.5 Å². The molecule has 0 heterocycles. The van der Waals surface area contributed by atoms with Gasteiger partial charge in [-0.2, -0.15) is 0 Å². The first kappa shape index (κ1) is 14.4.